The van der Waals surface area contributed by atoms with Crippen LogP contribution < -0.4 is 29.5 Å². The quantitative estimate of drug-likeness (QED) is 0.0629. The molecule has 0 amide bonds. The first-order valence-electron chi connectivity index (χ1n) is 18.9. The minimum absolute atomic E-state index is 0.182. The van der Waals surface area contributed by atoms with Crippen molar-refractivity contribution in [3.63, 3.8) is 0 Å². The number of benzene rings is 6. The Morgan fingerprint density at radius 1 is 0.724 bits per heavy atom. The molecule has 0 saturated heterocycles. The molecule has 0 radical (unpaired) electrons. The molecule has 2 aliphatic rings. The fraction of sp³-hybridized carbons (Fsp3) is 0.0400. The summed E-state index contributed by atoms with van der Waals surface area (Å²) in [5.74, 6) is 0.138. The van der Waals surface area contributed by atoms with Gasteiger partial charge in [-0.15, -0.1) is 0 Å². The monoisotopic (exact) mass is 776 g/mol. The highest BCUT2D eigenvalue weighted by Crippen LogP contribution is 2.53. The smallest absolute Gasteiger partial charge is 0.335 e. The normalized spacial score (nSPS) is 15.4. The van der Waals surface area contributed by atoms with E-state index >= 15 is 0 Å². The van der Waals surface area contributed by atoms with Crippen LogP contribution in [0, 0.1) is 5.92 Å². The van der Waals surface area contributed by atoms with E-state index in [4.69, 9.17) is 14.0 Å². The van der Waals surface area contributed by atoms with Crippen LogP contribution in [0.1, 0.15) is 6.92 Å². The lowest BCUT2D eigenvalue weighted by Crippen LogP contribution is -2.24. The number of aromatic nitrogens is 1. The van der Waals surface area contributed by atoms with E-state index in [1.807, 2.05) is 91.0 Å². The summed E-state index contributed by atoms with van der Waals surface area (Å²) < 4.78 is 21.6. The summed E-state index contributed by atoms with van der Waals surface area (Å²) in [4.78, 5) is 29.1. The van der Waals surface area contributed by atoms with Gasteiger partial charge in [-0.3, -0.25) is 0 Å². The van der Waals surface area contributed by atoms with E-state index in [0.29, 0.717) is 22.0 Å². The maximum atomic E-state index is 13.6. The average molecular weight is 777 g/mol. The molecule has 7 aromatic rings. The number of ether oxygens (including phenoxy) is 2. The molecule has 0 bridgehead atoms. The lowest BCUT2D eigenvalue weighted by atomic mass is 10.0. The second-order valence-corrected chi connectivity index (χ2v) is 15.6. The number of fused-ring (bicyclic) bond motifs is 6. The number of allylic oxidation sites excluding steroid dienone is 6. The van der Waals surface area contributed by atoms with Crippen LogP contribution >= 0.6 is 8.15 Å². The van der Waals surface area contributed by atoms with Gasteiger partial charge in [-0.05, 0) is 78.2 Å². The molecule has 282 valence electrons. The molecule has 7 nitrogen and oxygen atoms in total. The first-order valence-corrected chi connectivity index (χ1v) is 20.2. The van der Waals surface area contributed by atoms with Gasteiger partial charge in [0.25, 0.3) is 0 Å². The van der Waals surface area contributed by atoms with Crippen LogP contribution in [0.3, 0.4) is 0 Å². The summed E-state index contributed by atoms with van der Waals surface area (Å²) in [6.45, 7) is 9.59. The van der Waals surface area contributed by atoms with Gasteiger partial charge in [-0.1, -0.05) is 117 Å². The molecular formula is C50H37N2O5P. The van der Waals surface area contributed by atoms with Gasteiger partial charge in [0.15, 0.2) is 19.6 Å². The Balaban J connectivity index is 1.43. The zero-order valence-corrected chi connectivity index (χ0v) is 32.5. The molecular weight excluding hydrogens is 740 g/mol. The third-order valence-corrected chi connectivity index (χ3v) is 12.1. The second-order valence-electron chi connectivity index (χ2n) is 13.8. The molecule has 58 heavy (non-hydrogen) atoms. The minimum atomic E-state index is -1.70. The van der Waals surface area contributed by atoms with Crippen molar-refractivity contribution in [2.24, 2.45) is 5.92 Å². The molecule has 0 saturated carbocycles. The molecule has 0 fully saturated rings. The van der Waals surface area contributed by atoms with Gasteiger partial charge in [0, 0.05) is 51.2 Å². The number of para-hydroxylation sites is 3. The van der Waals surface area contributed by atoms with E-state index in [1.54, 1.807) is 6.07 Å². The van der Waals surface area contributed by atoms with Crippen LogP contribution in [0.15, 0.2) is 189 Å². The highest BCUT2D eigenvalue weighted by atomic mass is 31.1. The fourth-order valence-electron chi connectivity index (χ4n) is 7.58. The maximum absolute atomic E-state index is 13.6. The van der Waals surface area contributed by atoms with Crippen LogP contribution in [-0.2, 0) is 9.59 Å². The van der Waals surface area contributed by atoms with Gasteiger partial charge in [-0.25, -0.2) is 9.59 Å². The average Bonchev–Trinajstić information content (AvgIpc) is 3.45. The first-order chi connectivity index (χ1) is 28.4. The summed E-state index contributed by atoms with van der Waals surface area (Å²) in [6.07, 6.45) is 12.6. The zero-order chi connectivity index (χ0) is 39.8. The molecule has 6 aromatic carbocycles. The van der Waals surface area contributed by atoms with Gasteiger partial charge in [0.05, 0.1) is 16.2 Å². The first kappa shape index (κ1) is 36.4. The van der Waals surface area contributed by atoms with Crippen molar-refractivity contribution in [2.75, 3.05) is 4.90 Å². The number of carbonyl (C=O) groups is 2. The number of hydrogen-bond acceptors (Lipinski definition) is 6. The Labute approximate surface area is 337 Å². The Morgan fingerprint density at radius 2 is 1.38 bits per heavy atom. The Morgan fingerprint density at radius 3 is 2.10 bits per heavy atom. The maximum Gasteiger partial charge on any atom is 0.335 e. The lowest BCUT2D eigenvalue weighted by Gasteiger charge is -2.29. The van der Waals surface area contributed by atoms with E-state index < -0.39 is 20.1 Å². The topological polar surface area (TPSA) is 70.0 Å². The molecule has 0 spiro atoms. The number of esters is 2. The number of nitrogens with zero attached hydrogens (tertiary/aromatic N) is 2. The van der Waals surface area contributed by atoms with Crippen LogP contribution in [-0.4, -0.2) is 16.5 Å². The lowest BCUT2D eigenvalue weighted by molar-refractivity contribution is -0.129. The van der Waals surface area contributed by atoms with Crippen molar-refractivity contribution >= 4 is 75.3 Å². The molecule has 2 atom stereocenters. The Kier molecular flexibility index (Phi) is 9.66. The van der Waals surface area contributed by atoms with E-state index in [-0.39, 0.29) is 17.4 Å². The highest BCUT2D eigenvalue weighted by Gasteiger charge is 2.35. The van der Waals surface area contributed by atoms with Gasteiger partial charge >= 0.3 is 11.9 Å². The third kappa shape index (κ3) is 6.51. The van der Waals surface area contributed by atoms with Gasteiger partial charge in [0.2, 0.25) is 0 Å². The standard InChI is InChI=1S/C50H37N2O5P/c1-4-46(53)55-43-32-45(58-44-26-15-13-24-39(44)38-23-12-14-25-42(38)57-58)50(56-47(54)5-2)48-40-31-37(51(34-18-8-6-9-19-34)35-20-10-7-11-21-35)29-30-41(40)52(49(43)48)36-22-16-17-33(3)27-28-36/h4-33H,1-2H2,3H3. The number of carbonyl (C=O) groups excluding carboxylic acids is 2. The van der Waals surface area contributed by atoms with E-state index in [0.717, 1.165) is 62.2 Å². The van der Waals surface area contributed by atoms with Crippen molar-refractivity contribution < 1.29 is 23.6 Å². The van der Waals surface area contributed by atoms with E-state index in [2.05, 4.69) is 96.3 Å². The van der Waals surface area contributed by atoms with Crippen molar-refractivity contribution in [1.82, 2.24) is 4.57 Å². The molecule has 1 aromatic heterocycles. The molecule has 8 heteroatoms. The molecule has 1 aliphatic carbocycles. The predicted molar refractivity (Wildman–Crippen MR) is 236 cm³/mol. The molecule has 2 heterocycles. The Hall–Kier alpha value is -7.21. The predicted octanol–water partition coefficient (Wildman–Crippen LogP) is 11.5. The van der Waals surface area contributed by atoms with Crippen molar-refractivity contribution in [3.8, 4) is 28.4 Å². The van der Waals surface area contributed by atoms with Gasteiger partial charge in [-0.2, -0.15) is 0 Å². The summed E-state index contributed by atoms with van der Waals surface area (Å²) >= 11 is 0. The number of hydrogen-bond donors (Lipinski definition) is 0. The minimum Gasteiger partial charge on any atom is -0.464 e. The SMILES string of the molecule is C=CC(=O)Oc1c(P2Oc3ccccc3-c3ccccc32)cc(OC(=O)C=C)c2c1c1cc(N(c3ccccc3)c3ccccc3)ccc1n2C1=CC=CC(C)C=C1. The van der Waals surface area contributed by atoms with Crippen molar-refractivity contribution in [2.45, 2.75) is 6.92 Å². The Bertz CT molecular complexity index is 2830. The van der Waals surface area contributed by atoms with Crippen LogP contribution in [0.25, 0.3) is 38.6 Å². The van der Waals surface area contributed by atoms with Crippen molar-refractivity contribution in [3.05, 3.63) is 189 Å². The van der Waals surface area contributed by atoms with Gasteiger partial charge < -0.3 is 23.5 Å². The van der Waals surface area contributed by atoms with Crippen LogP contribution in [0.2, 0.25) is 0 Å². The van der Waals surface area contributed by atoms with E-state index in [9.17, 15) is 9.59 Å². The fourth-order valence-corrected chi connectivity index (χ4v) is 9.61. The van der Waals surface area contributed by atoms with Crippen LogP contribution in [0.5, 0.6) is 17.2 Å². The molecule has 9 rings (SSSR count). The second kappa shape index (κ2) is 15.4. The van der Waals surface area contributed by atoms with Crippen LogP contribution in [0.4, 0.5) is 17.1 Å². The van der Waals surface area contributed by atoms with Gasteiger partial charge in [0.1, 0.15) is 11.3 Å². The third-order valence-electron chi connectivity index (χ3n) is 10.2. The van der Waals surface area contributed by atoms with Crippen molar-refractivity contribution in [1.29, 1.82) is 0 Å². The molecule has 0 N–H and O–H groups in total. The molecule has 1 aliphatic heterocycles. The number of rotatable bonds is 9. The number of anilines is 3. The summed E-state index contributed by atoms with van der Waals surface area (Å²) in [7, 11) is -1.70. The summed E-state index contributed by atoms with van der Waals surface area (Å²) in [5, 5.41) is 2.79. The molecule has 2 unspecified atom stereocenters. The zero-order valence-electron chi connectivity index (χ0n) is 31.6. The largest absolute Gasteiger partial charge is 0.464 e. The highest BCUT2D eigenvalue weighted by molar-refractivity contribution is 7.69. The summed E-state index contributed by atoms with van der Waals surface area (Å²) in [6, 6.07) is 44.2. The summed E-state index contributed by atoms with van der Waals surface area (Å²) in [5.41, 5.74) is 6.88. The van der Waals surface area contributed by atoms with E-state index in [1.165, 1.54) is 0 Å².